The van der Waals surface area contributed by atoms with Gasteiger partial charge in [0.1, 0.15) is 5.82 Å². The Morgan fingerprint density at radius 2 is 1.75 bits per heavy atom. The number of nitrogens with one attached hydrogen (secondary N) is 1. The van der Waals surface area contributed by atoms with Gasteiger partial charge in [0.2, 0.25) is 0 Å². The molecule has 0 fully saturated rings. The van der Waals surface area contributed by atoms with Crippen molar-refractivity contribution in [3.05, 3.63) is 24.4 Å². The van der Waals surface area contributed by atoms with E-state index in [4.69, 9.17) is 14.7 Å². The molecule has 0 aliphatic carbocycles. The first kappa shape index (κ1) is 15.3. The van der Waals surface area contributed by atoms with E-state index in [-0.39, 0.29) is 0 Å². The number of aromatic nitrogens is 1. The van der Waals surface area contributed by atoms with Gasteiger partial charge in [-0.15, -0.1) is 0 Å². The van der Waals surface area contributed by atoms with Gasteiger partial charge in [0, 0.05) is 19.9 Å². The van der Waals surface area contributed by atoms with E-state index in [1.807, 2.05) is 25.2 Å². The summed E-state index contributed by atoms with van der Waals surface area (Å²) in [4.78, 5) is 28.0. The largest absolute Gasteiger partial charge is 0.407 e. The van der Waals surface area contributed by atoms with Gasteiger partial charge in [0.05, 0.1) is 0 Å². The van der Waals surface area contributed by atoms with Gasteiger partial charge in [0.15, 0.2) is 0 Å². The Morgan fingerprint density at radius 1 is 1.25 bits per heavy atom. The Labute approximate surface area is 93.1 Å². The molecule has 1 atom stereocenters. The Morgan fingerprint density at radius 3 is 1.94 bits per heavy atom. The summed E-state index contributed by atoms with van der Waals surface area (Å²) >= 11 is 0. The van der Waals surface area contributed by atoms with E-state index in [9.17, 15) is 9.13 Å². The highest BCUT2D eigenvalue weighted by atomic mass is 32.1. The second kappa shape index (κ2) is 6.13. The molecule has 1 rings (SSSR count). The summed E-state index contributed by atoms with van der Waals surface area (Å²) in [5.41, 5.74) is 0. The van der Waals surface area contributed by atoms with E-state index in [1.54, 1.807) is 6.20 Å². The van der Waals surface area contributed by atoms with Crippen LogP contribution in [0.15, 0.2) is 24.4 Å². The second-order valence-corrected chi connectivity index (χ2v) is 9.30. The van der Waals surface area contributed by atoms with Crippen LogP contribution in [0.3, 0.4) is 0 Å². The molecule has 0 bridgehead atoms. The molecule has 0 spiro atoms. The predicted octanol–water partition coefficient (Wildman–Crippen LogP) is 1.10. The van der Waals surface area contributed by atoms with Crippen molar-refractivity contribution < 1.29 is 23.8 Å². The lowest BCUT2D eigenvalue weighted by Crippen LogP contribution is -1.88. The lowest BCUT2D eigenvalue weighted by Gasteiger charge is -2.04. The lowest BCUT2D eigenvalue weighted by molar-refractivity contribution is 0.378. The molecule has 1 heterocycles. The minimum Gasteiger partial charge on any atom is -0.373 e. The highest BCUT2D eigenvalue weighted by Gasteiger charge is 2.33. The van der Waals surface area contributed by atoms with E-state index in [1.165, 1.54) is 0 Å². The molecule has 0 aromatic carbocycles. The van der Waals surface area contributed by atoms with Crippen molar-refractivity contribution in [3.63, 3.8) is 0 Å². The quantitative estimate of drug-likeness (QED) is 0.593. The van der Waals surface area contributed by atoms with Crippen LogP contribution in [0.4, 0.5) is 5.82 Å². The first-order chi connectivity index (χ1) is 7.18. The van der Waals surface area contributed by atoms with Crippen LogP contribution in [-0.4, -0.2) is 33.4 Å². The summed E-state index contributed by atoms with van der Waals surface area (Å²) < 4.78 is 19.9. The normalized spacial score (nSPS) is 14.3. The molecule has 0 aliphatic heterocycles. The molecule has 0 amide bonds. The molecule has 0 saturated heterocycles. The fourth-order valence-electron chi connectivity index (χ4n) is 0.511. The second-order valence-electron chi connectivity index (χ2n) is 2.81. The van der Waals surface area contributed by atoms with Crippen molar-refractivity contribution in [2.24, 2.45) is 0 Å². The molecular weight excluding hydrogens is 254 g/mol. The van der Waals surface area contributed by atoms with Gasteiger partial charge in [0.25, 0.3) is 0 Å². The van der Waals surface area contributed by atoms with E-state index in [2.05, 4.69) is 10.3 Å². The molecule has 0 radical (unpaired) electrons. The fraction of sp³-hybridized carbons (Fsp3) is 0.286. The third-order valence-electron chi connectivity index (χ3n) is 1.40. The summed E-state index contributed by atoms with van der Waals surface area (Å²) in [6, 6.07) is 5.75. The number of rotatable bonds is 2. The standard InChI is InChI=1S/C6H8N2.CH6O5P2/c1-7-6-4-2-3-5-8-6;1-7(2,3)8(4,5)6/h2-5H,1H3,(H,7,8);1H3,(H,2,3)(H2,4,5,6). The smallest absolute Gasteiger partial charge is 0.373 e. The van der Waals surface area contributed by atoms with Gasteiger partial charge in [-0.2, -0.15) is 0 Å². The van der Waals surface area contributed by atoms with Crippen molar-refractivity contribution in [1.29, 1.82) is 0 Å². The van der Waals surface area contributed by atoms with Gasteiger partial charge in [-0.05, 0) is 12.1 Å². The van der Waals surface area contributed by atoms with Gasteiger partial charge in [-0.3, -0.25) is 4.57 Å². The van der Waals surface area contributed by atoms with Crippen molar-refractivity contribution in [1.82, 2.24) is 4.98 Å². The number of hydrogen-bond acceptors (Lipinski definition) is 4. The summed E-state index contributed by atoms with van der Waals surface area (Å²) in [7, 11) is -7.07. The van der Waals surface area contributed by atoms with Crippen LogP contribution in [0, 0.1) is 0 Å². The average Bonchev–Trinajstić information content (AvgIpc) is 2.17. The van der Waals surface area contributed by atoms with Crippen molar-refractivity contribution >= 4 is 20.2 Å². The number of hydrogen-bond donors (Lipinski definition) is 4. The number of nitrogens with zero attached hydrogens (tertiary/aromatic N) is 1. The fourth-order valence-corrected chi connectivity index (χ4v) is 0.511. The maximum atomic E-state index is 10.0. The van der Waals surface area contributed by atoms with Gasteiger partial charge < -0.3 is 20.0 Å². The van der Waals surface area contributed by atoms with Crippen LogP contribution in [0.2, 0.25) is 0 Å². The highest BCUT2D eigenvalue weighted by Crippen LogP contribution is 2.71. The van der Waals surface area contributed by atoms with Crippen LogP contribution < -0.4 is 5.32 Å². The van der Waals surface area contributed by atoms with E-state index in [0.717, 1.165) is 5.82 Å². The molecule has 92 valence electrons. The Bertz CT molecular complexity index is 378. The predicted molar refractivity (Wildman–Crippen MR) is 61.6 cm³/mol. The first-order valence-corrected chi connectivity index (χ1v) is 8.56. The molecule has 1 unspecified atom stereocenters. The maximum absolute atomic E-state index is 10.0. The Balaban J connectivity index is 0.000000281. The molecule has 0 saturated carbocycles. The third-order valence-corrected chi connectivity index (χ3v) is 5.27. The van der Waals surface area contributed by atoms with Crippen LogP contribution in [0.1, 0.15) is 0 Å². The van der Waals surface area contributed by atoms with Gasteiger partial charge >= 0.3 is 14.3 Å². The van der Waals surface area contributed by atoms with E-state index < -0.39 is 14.3 Å². The molecule has 0 aliphatic rings. The number of anilines is 1. The number of pyridine rings is 1. The topological polar surface area (TPSA) is 120 Å². The lowest BCUT2D eigenvalue weighted by atomic mass is 10.5. The Kier molecular flexibility index (Phi) is 5.86. The van der Waals surface area contributed by atoms with Crippen LogP contribution in [-0.2, 0) is 9.13 Å². The maximum Gasteiger partial charge on any atom is 0.407 e. The Hall–Kier alpha value is -0.710. The molecular formula is C7H14N2O5P2. The summed E-state index contributed by atoms with van der Waals surface area (Å²) in [6.07, 6.45) is 1.76. The molecule has 16 heavy (non-hydrogen) atoms. The SMILES string of the molecule is CNc1ccccn1.CP(=O)(O)P(=O)(O)O. The van der Waals surface area contributed by atoms with Gasteiger partial charge in [-0.25, -0.2) is 9.55 Å². The first-order valence-electron chi connectivity index (χ1n) is 4.13. The zero-order chi connectivity index (χ0) is 12.8. The summed E-state index contributed by atoms with van der Waals surface area (Å²) in [6.45, 7) is 0.619. The zero-order valence-electron chi connectivity index (χ0n) is 8.81. The van der Waals surface area contributed by atoms with Crippen LogP contribution in [0.25, 0.3) is 0 Å². The molecule has 7 nitrogen and oxygen atoms in total. The minimum absolute atomic E-state index is 0.619. The van der Waals surface area contributed by atoms with Crippen LogP contribution in [0.5, 0.6) is 0 Å². The third kappa shape index (κ3) is 6.00. The molecule has 1 aromatic heterocycles. The average molecular weight is 268 g/mol. The van der Waals surface area contributed by atoms with Crippen molar-refractivity contribution in [3.8, 4) is 0 Å². The van der Waals surface area contributed by atoms with E-state index >= 15 is 0 Å². The monoisotopic (exact) mass is 268 g/mol. The summed E-state index contributed by atoms with van der Waals surface area (Å²) in [5.74, 6) is 0.910. The molecule has 4 N–H and O–H groups in total. The van der Waals surface area contributed by atoms with Gasteiger partial charge in [-0.1, -0.05) is 6.07 Å². The van der Waals surface area contributed by atoms with E-state index in [0.29, 0.717) is 6.66 Å². The minimum atomic E-state index is -4.74. The molecule has 9 heteroatoms. The van der Waals surface area contributed by atoms with Crippen molar-refractivity contribution in [2.45, 2.75) is 0 Å². The zero-order valence-corrected chi connectivity index (χ0v) is 10.6. The van der Waals surface area contributed by atoms with Crippen LogP contribution >= 0.6 is 14.3 Å². The highest BCUT2D eigenvalue weighted by molar-refractivity contribution is 8.28. The summed E-state index contributed by atoms with van der Waals surface area (Å²) in [5, 5.41) is 2.92. The van der Waals surface area contributed by atoms with Crippen molar-refractivity contribution in [2.75, 3.05) is 19.0 Å². The molecule has 1 aromatic rings.